The molecule has 170 valence electrons. The topological polar surface area (TPSA) is 95.9 Å². The quantitative estimate of drug-likeness (QED) is 0.580. The molecule has 0 aliphatic rings. The Morgan fingerprint density at radius 2 is 1.68 bits per heavy atom. The number of ether oxygens (including phenoxy) is 1. The van der Waals surface area contributed by atoms with Crippen molar-refractivity contribution in [3.05, 3.63) is 65.2 Å². The number of halogens is 3. The van der Waals surface area contributed by atoms with Crippen LogP contribution in [0.15, 0.2) is 48.5 Å². The third-order valence-corrected chi connectivity index (χ3v) is 3.94. The summed E-state index contributed by atoms with van der Waals surface area (Å²) in [5.74, 6) is -0.927. The zero-order chi connectivity index (χ0) is 23.6. The molecule has 0 bridgehead atoms. The minimum Gasteiger partial charge on any atom is -0.478 e. The third kappa shape index (κ3) is 10.5. The Morgan fingerprint density at radius 3 is 2.16 bits per heavy atom. The highest BCUT2D eigenvalue weighted by Crippen LogP contribution is 2.23. The summed E-state index contributed by atoms with van der Waals surface area (Å²) in [6.07, 6.45) is -4.19. The number of hydrogen-bond acceptors (Lipinski definition) is 4. The lowest BCUT2D eigenvalue weighted by atomic mass is 10.1. The molecule has 0 saturated carbocycles. The van der Waals surface area contributed by atoms with Crippen LogP contribution < -0.4 is 10.1 Å². The maximum absolute atomic E-state index is 11.7. The van der Waals surface area contributed by atoms with Crippen molar-refractivity contribution in [3.8, 4) is 5.75 Å². The summed E-state index contributed by atoms with van der Waals surface area (Å²) in [7, 11) is 0. The van der Waals surface area contributed by atoms with Gasteiger partial charge in [-0.2, -0.15) is 0 Å². The standard InChI is InChI=1S/C14H19NO3.C8H7F3O2/c1-9(2)8-13(16)15-10(3)11-4-6-12(7-5-11)14(17)18;9-8(10,11)13-7-3-1-2-6(4-7)5-12/h4-7,9-10H,8H2,1-3H3,(H,15,16)(H,17,18);1-4,12H,5H2. The highest BCUT2D eigenvalue weighted by molar-refractivity contribution is 5.87. The Hall–Kier alpha value is -3.07. The minimum atomic E-state index is -4.69. The molecule has 0 spiro atoms. The first-order valence-corrected chi connectivity index (χ1v) is 9.49. The van der Waals surface area contributed by atoms with E-state index < -0.39 is 12.3 Å². The van der Waals surface area contributed by atoms with Crippen LogP contribution in [0.25, 0.3) is 0 Å². The largest absolute Gasteiger partial charge is 0.573 e. The summed E-state index contributed by atoms with van der Waals surface area (Å²) in [6, 6.07) is 11.6. The second-order valence-electron chi connectivity index (χ2n) is 7.17. The molecule has 1 atom stereocenters. The number of alkyl halides is 3. The van der Waals surface area contributed by atoms with Crippen molar-refractivity contribution in [2.45, 2.75) is 46.2 Å². The van der Waals surface area contributed by atoms with E-state index in [-0.39, 0.29) is 29.9 Å². The fourth-order valence-corrected chi connectivity index (χ4v) is 2.51. The Labute approximate surface area is 178 Å². The average molecular weight is 441 g/mol. The van der Waals surface area contributed by atoms with E-state index in [0.29, 0.717) is 17.9 Å². The molecule has 0 aliphatic carbocycles. The molecule has 0 aliphatic heterocycles. The molecule has 1 amide bonds. The van der Waals surface area contributed by atoms with Crippen LogP contribution in [-0.4, -0.2) is 28.5 Å². The molecule has 2 rings (SSSR count). The molecule has 0 heterocycles. The highest BCUT2D eigenvalue weighted by Gasteiger charge is 2.31. The first-order valence-electron chi connectivity index (χ1n) is 9.49. The van der Waals surface area contributed by atoms with Crippen LogP contribution in [0.1, 0.15) is 54.7 Å². The second kappa shape index (κ2) is 11.9. The molecule has 1 unspecified atom stereocenters. The lowest BCUT2D eigenvalue weighted by Crippen LogP contribution is -2.27. The lowest BCUT2D eigenvalue weighted by Gasteiger charge is -2.15. The van der Waals surface area contributed by atoms with E-state index in [0.717, 1.165) is 11.6 Å². The van der Waals surface area contributed by atoms with Crippen LogP contribution in [0.2, 0.25) is 0 Å². The predicted molar refractivity (Wildman–Crippen MR) is 108 cm³/mol. The van der Waals surface area contributed by atoms with Gasteiger partial charge in [0.1, 0.15) is 5.75 Å². The van der Waals surface area contributed by atoms with E-state index >= 15 is 0 Å². The van der Waals surface area contributed by atoms with Crippen molar-refractivity contribution < 1.29 is 37.7 Å². The van der Waals surface area contributed by atoms with Gasteiger partial charge < -0.3 is 20.3 Å². The normalized spacial score (nSPS) is 11.9. The van der Waals surface area contributed by atoms with Gasteiger partial charge in [-0.1, -0.05) is 38.1 Å². The van der Waals surface area contributed by atoms with Crippen molar-refractivity contribution in [2.24, 2.45) is 5.92 Å². The molecule has 0 fully saturated rings. The van der Waals surface area contributed by atoms with Gasteiger partial charge in [-0.05, 0) is 48.2 Å². The molecule has 3 N–H and O–H groups in total. The van der Waals surface area contributed by atoms with Crippen molar-refractivity contribution in [1.82, 2.24) is 5.32 Å². The highest BCUT2D eigenvalue weighted by atomic mass is 19.4. The molecule has 0 saturated heterocycles. The molecular formula is C22H26F3NO5. The number of amides is 1. The number of carbonyl (C=O) groups is 2. The molecule has 31 heavy (non-hydrogen) atoms. The fraction of sp³-hybridized carbons (Fsp3) is 0.364. The van der Waals surface area contributed by atoms with E-state index in [9.17, 15) is 22.8 Å². The van der Waals surface area contributed by atoms with Gasteiger partial charge in [-0.15, -0.1) is 13.2 Å². The molecule has 2 aromatic rings. The van der Waals surface area contributed by atoms with Crippen LogP contribution in [0.4, 0.5) is 13.2 Å². The SMILES string of the molecule is CC(C)CC(=O)NC(C)c1ccc(C(=O)O)cc1.OCc1cccc(OC(F)(F)F)c1. The van der Waals surface area contributed by atoms with Gasteiger partial charge in [-0.25, -0.2) is 4.79 Å². The number of aliphatic hydroxyl groups excluding tert-OH is 1. The summed E-state index contributed by atoms with van der Waals surface area (Å²) in [6.45, 7) is 5.56. The van der Waals surface area contributed by atoms with Crippen LogP contribution in [0.5, 0.6) is 5.75 Å². The van der Waals surface area contributed by atoms with E-state index in [1.165, 1.54) is 18.2 Å². The van der Waals surface area contributed by atoms with Gasteiger partial charge in [0.05, 0.1) is 18.2 Å². The summed E-state index contributed by atoms with van der Waals surface area (Å²) in [5, 5.41) is 20.3. The van der Waals surface area contributed by atoms with E-state index in [2.05, 4.69) is 10.1 Å². The van der Waals surface area contributed by atoms with Crippen LogP contribution in [-0.2, 0) is 11.4 Å². The smallest absolute Gasteiger partial charge is 0.478 e. The van der Waals surface area contributed by atoms with Crippen molar-refractivity contribution in [2.75, 3.05) is 0 Å². The molecular weight excluding hydrogens is 415 g/mol. The van der Waals surface area contributed by atoms with E-state index in [4.69, 9.17) is 10.2 Å². The molecule has 2 aromatic carbocycles. The minimum absolute atomic E-state index is 0.0137. The number of carboxylic acid groups (broad SMARTS) is 1. The summed E-state index contributed by atoms with van der Waals surface area (Å²) >= 11 is 0. The van der Waals surface area contributed by atoms with Crippen LogP contribution in [0.3, 0.4) is 0 Å². The van der Waals surface area contributed by atoms with Crippen LogP contribution >= 0.6 is 0 Å². The van der Waals surface area contributed by atoms with E-state index in [1.807, 2.05) is 20.8 Å². The maximum atomic E-state index is 11.7. The maximum Gasteiger partial charge on any atom is 0.573 e. The Balaban J connectivity index is 0.000000327. The summed E-state index contributed by atoms with van der Waals surface area (Å²) < 4.78 is 38.7. The van der Waals surface area contributed by atoms with E-state index in [1.54, 1.807) is 24.3 Å². The summed E-state index contributed by atoms with van der Waals surface area (Å²) in [4.78, 5) is 22.3. The molecule has 9 heteroatoms. The number of benzene rings is 2. The van der Waals surface area contributed by atoms with Gasteiger partial charge >= 0.3 is 12.3 Å². The van der Waals surface area contributed by atoms with Crippen molar-refractivity contribution >= 4 is 11.9 Å². The number of aromatic carboxylic acids is 1. The van der Waals surface area contributed by atoms with Crippen LogP contribution in [0, 0.1) is 5.92 Å². The number of hydrogen-bond donors (Lipinski definition) is 3. The zero-order valence-electron chi connectivity index (χ0n) is 17.4. The molecule has 0 aromatic heterocycles. The van der Waals surface area contributed by atoms with Crippen molar-refractivity contribution in [1.29, 1.82) is 0 Å². The Kier molecular flexibility index (Phi) is 10.0. The van der Waals surface area contributed by atoms with Gasteiger partial charge in [0, 0.05) is 6.42 Å². The zero-order valence-corrected chi connectivity index (χ0v) is 17.4. The summed E-state index contributed by atoms with van der Waals surface area (Å²) in [5.41, 5.74) is 1.53. The average Bonchev–Trinajstić information content (AvgIpc) is 2.66. The number of carbonyl (C=O) groups excluding carboxylic acids is 1. The van der Waals surface area contributed by atoms with Gasteiger partial charge in [-0.3, -0.25) is 4.79 Å². The number of rotatable bonds is 7. The predicted octanol–water partition coefficient (Wildman–Crippen LogP) is 4.69. The van der Waals surface area contributed by atoms with Gasteiger partial charge in [0.2, 0.25) is 5.91 Å². The number of nitrogens with one attached hydrogen (secondary N) is 1. The Bertz CT molecular complexity index is 851. The van der Waals surface area contributed by atoms with Gasteiger partial charge in [0.15, 0.2) is 0 Å². The number of aliphatic hydroxyl groups is 1. The fourth-order valence-electron chi connectivity index (χ4n) is 2.51. The second-order valence-corrected chi connectivity index (χ2v) is 7.17. The molecule has 0 radical (unpaired) electrons. The first kappa shape index (κ1) is 26.0. The first-order chi connectivity index (χ1) is 14.4. The van der Waals surface area contributed by atoms with Gasteiger partial charge in [0.25, 0.3) is 0 Å². The molecule has 6 nitrogen and oxygen atoms in total. The number of carboxylic acids is 1. The lowest BCUT2D eigenvalue weighted by molar-refractivity contribution is -0.274. The monoisotopic (exact) mass is 441 g/mol. The Morgan fingerprint density at radius 1 is 1.06 bits per heavy atom. The van der Waals surface area contributed by atoms with Crippen molar-refractivity contribution in [3.63, 3.8) is 0 Å². The third-order valence-electron chi connectivity index (χ3n) is 3.94.